The molecule has 2 aliphatic heterocycles. The summed E-state index contributed by atoms with van der Waals surface area (Å²) in [5.74, 6) is -0.304. The highest BCUT2D eigenvalue weighted by Crippen LogP contribution is 2.30. The van der Waals surface area contributed by atoms with Gasteiger partial charge in [-0.1, -0.05) is 0 Å². The Hall–Kier alpha value is -0.370. The number of likely N-dealkylation sites (N-methyl/N-ethyl adjacent to an activating group) is 1. The molecule has 0 bridgehead atoms. The maximum Gasteiger partial charge on any atom is 0.232 e. The number of carbonyl (C=O) groups is 1. The molecule has 0 aromatic rings. The second-order valence-corrected chi connectivity index (χ2v) is 9.10. The van der Waals surface area contributed by atoms with E-state index in [2.05, 4.69) is 4.90 Å². The fraction of sp³-hybridized carbons (Fsp3) is 0.923. The van der Waals surface area contributed by atoms with E-state index in [1.54, 1.807) is 4.90 Å². The van der Waals surface area contributed by atoms with Crippen LogP contribution in [0.5, 0.6) is 0 Å². The predicted octanol–water partition coefficient (Wildman–Crippen LogP) is 0.514. The molecule has 2 saturated heterocycles. The quantitative estimate of drug-likeness (QED) is 0.683. The van der Waals surface area contributed by atoms with Gasteiger partial charge in [-0.25, -0.2) is 8.42 Å². The summed E-state index contributed by atoms with van der Waals surface area (Å²) in [6, 6.07) is 0. The lowest BCUT2D eigenvalue weighted by molar-refractivity contribution is -0.130. The van der Waals surface area contributed by atoms with Gasteiger partial charge in [-0.05, 0) is 26.9 Å². The van der Waals surface area contributed by atoms with Crippen molar-refractivity contribution in [2.24, 2.45) is 5.92 Å². The molecule has 1 atom stereocenters. The summed E-state index contributed by atoms with van der Waals surface area (Å²) in [5.41, 5.74) is -0.0807. The van der Waals surface area contributed by atoms with Crippen molar-refractivity contribution in [1.29, 1.82) is 0 Å². The van der Waals surface area contributed by atoms with Crippen molar-refractivity contribution in [2.75, 3.05) is 46.2 Å². The zero-order chi connectivity index (χ0) is 15.7. The highest BCUT2D eigenvalue weighted by molar-refractivity contribution is 8.13. The molecular formula is C13H23ClN2O4S. The molecule has 2 rings (SSSR count). The van der Waals surface area contributed by atoms with Crippen LogP contribution < -0.4 is 0 Å². The number of halogens is 1. The molecule has 2 heterocycles. The molecule has 0 aromatic carbocycles. The topological polar surface area (TPSA) is 66.9 Å². The van der Waals surface area contributed by atoms with Gasteiger partial charge in [-0.2, -0.15) is 0 Å². The van der Waals surface area contributed by atoms with Gasteiger partial charge in [0.25, 0.3) is 0 Å². The smallest absolute Gasteiger partial charge is 0.232 e. The Labute approximate surface area is 130 Å². The van der Waals surface area contributed by atoms with Crippen LogP contribution in [0.2, 0.25) is 0 Å². The van der Waals surface area contributed by atoms with Crippen molar-refractivity contribution in [3.8, 4) is 0 Å². The SMILES string of the molecule is CN(C)C1(CN2CC(CS(=O)(=O)Cl)CC2=O)CCOCC1. The third kappa shape index (κ3) is 4.31. The van der Waals surface area contributed by atoms with E-state index in [0.717, 1.165) is 12.8 Å². The molecular weight excluding hydrogens is 316 g/mol. The van der Waals surface area contributed by atoms with Crippen molar-refractivity contribution in [1.82, 2.24) is 9.80 Å². The lowest BCUT2D eigenvalue weighted by Crippen LogP contribution is -2.56. The molecule has 0 spiro atoms. The highest BCUT2D eigenvalue weighted by Gasteiger charge is 2.41. The first-order chi connectivity index (χ1) is 9.72. The summed E-state index contributed by atoms with van der Waals surface area (Å²) in [7, 11) is 5.78. The average Bonchev–Trinajstić information content (AvgIpc) is 2.68. The van der Waals surface area contributed by atoms with E-state index in [1.165, 1.54) is 0 Å². The molecule has 1 unspecified atom stereocenters. The van der Waals surface area contributed by atoms with Crippen LogP contribution in [-0.4, -0.2) is 75.8 Å². The van der Waals surface area contributed by atoms with E-state index in [1.807, 2.05) is 14.1 Å². The van der Waals surface area contributed by atoms with Gasteiger partial charge >= 0.3 is 0 Å². The normalized spacial score (nSPS) is 26.6. The molecule has 122 valence electrons. The Kier molecular flexibility index (Phi) is 5.18. The maximum absolute atomic E-state index is 12.1. The van der Waals surface area contributed by atoms with Gasteiger partial charge in [-0.3, -0.25) is 4.79 Å². The van der Waals surface area contributed by atoms with Crippen LogP contribution in [0.3, 0.4) is 0 Å². The second-order valence-electron chi connectivity index (χ2n) is 6.28. The van der Waals surface area contributed by atoms with Gasteiger partial charge in [0.1, 0.15) is 0 Å². The van der Waals surface area contributed by atoms with E-state index >= 15 is 0 Å². The van der Waals surface area contributed by atoms with E-state index in [-0.39, 0.29) is 29.5 Å². The molecule has 2 aliphatic rings. The van der Waals surface area contributed by atoms with Crippen molar-refractivity contribution in [3.63, 3.8) is 0 Å². The number of hydrogen-bond donors (Lipinski definition) is 0. The van der Waals surface area contributed by atoms with Crippen LogP contribution in [-0.2, 0) is 18.6 Å². The average molecular weight is 339 g/mol. The summed E-state index contributed by atoms with van der Waals surface area (Å²) < 4.78 is 27.8. The van der Waals surface area contributed by atoms with Crippen LogP contribution >= 0.6 is 10.7 Å². The number of likely N-dealkylation sites (tertiary alicyclic amines) is 1. The maximum atomic E-state index is 12.1. The van der Waals surface area contributed by atoms with E-state index in [9.17, 15) is 13.2 Å². The van der Waals surface area contributed by atoms with Crippen molar-refractivity contribution in [2.45, 2.75) is 24.8 Å². The van der Waals surface area contributed by atoms with Crippen molar-refractivity contribution < 1.29 is 17.9 Å². The standard InChI is InChI=1S/C13H23ClN2O4S/c1-15(2)13(3-5-20-6-4-13)10-16-8-11(7-12(16)17)9-21(14,18)19/h11H,3-10H2,1-2H3. The fourth-order valence-corrected chi connectivity index (χ4v) is 4.57. The van der Waals surface area contributed by atoms with Crippen LogP contribution in [0.25, 0.3) is 0 Å². The first-order valence-corrected chi connectivity index (χ1v) is 9.65. The number of amides is 1. The Morgan fingerprint density at radius 3 is 2.52 bits per heavy atom. The van der Waals surface area contributed by atoms with E-state index < -0.39 is 9.05 Å². The minimum atomic E-state index is -3.56. The van der Waals surface area contributed by atoms with Crippen LogP contribution in [0, 0.1) is 5.92 Å². The third-order valence-corrected chi connectivity index (χ3v) is 5.83. The second kappa shape index (κ2) is 6.40. The van der Waals surface area contributed by atoms with Crippen molar-refractivity contribution >= 4 is 25.6 Å². The van der Waals surface area contributed by atoms with Crippen LogP contribution in [0.1, 0.15) is 19.3 Å². The zero-order valence-electron chi connectivity index (χ0n) is 12.5. The molecule has 6 nitrogen and oxygen atoms in total. The number of ether oxygens (including phenoxy) is 1. The molecule has 1 amide bonds. The Morgan fingerprint density at radius 2 is 2.00 bits per heavy atom. The number of rotatable bonds is 5. The Morgan fingerprint density at radius 1 is 1.38 bits per heavy atom. The van der Waals surface area contributed by atoms with E-state index in [0.29, 0.717) is 26.3 Å². The Balaban J connectivity index is 2.03. The lowest BCUT2D eigenvalue weighted by Gasteiger charge is -2.45. The van der Waals surface area contributed by atoms with Crippen LogP contribution in [0.15, 0.2) is 0 Å². The molecule has 0 N–H and O–H groups in total. The van der Waals surface area contributed by atoms with Gasteiger partial charge in [0.15, 0.2) is 0 Å². The first kappa shape index (κ1) is 17.0. The summed E-state index contributed by atoms with van der Waals surface area (Å²) in [5, 5.41) is 0. The predicted molar refractivity (Wildman–Crippen MR) is 80.8 cm³/mol. The zero-order valence-corrected chi connectivity index (χ0v) is 14.1. The molecule has 2 fully saturated rings. The summed E-state index contributed by atoms with van der Waals surface area (Å²) >= 11 is 0. The summed E-state index contributed by atoms with van der Waals surface area (Å²) in [6.45, 7) is 2.49. The first-order valence-electron chi connectivity index (χ1n) is 7.17. The monoisotopic (exact) mass is 338 g/mol. The van der Waals surface area contributed by atoms with Gasteiger partial charge in [0.2, 0.25) is 15.0 Å². The van der Waals surface area contributed by atoms with Crippen molar-refractivity contribution in [3.05, 3.63) is 0 Å². The highest BCUT2D eigenvalue weighted by atomic mass is 35.7. The van der Waals surface area contributed by atoms with Crippen LogP contribution in [0.4, 0.5) is 0 Å². The van der Waals surface area contributed by atoms with Gasteiger partial charge < -0.3 is 14.5 Å². The summed E-state index contributed by atoms with van der Waals surface area (Å²) in [6.07, 6.45) is 2.02. The minimum Gasteiger partial charge on any atom is -0.381 e. The third-order valence-electron chi connectivity index (χ3n) is 4.59. The molecule has 0 saturated carbocycles. The van der Waals surface area contributed by atoms with Gasteiger partial charge in [-0.15, -0.1) is 0 Å². The Bertz CT molecular complexity index is 488. The molecule has 21 heavy (non-hydrogen) atoms. The largest absolute Gasteiger partial charge is 0.381 e. The van der Waals surface area contributed by atoms with Gasteiger partial charge in [0.05, 0.1) is 5.75 Å². The van der Waals surface area contributed by atoms with Gasteiger partial charge in [0, 0.05) is 54.9 Å². The van der Waals surface area contributed by atoms with E-state index in [4.69, 9.17) is 15.4 Å². The lowest BCUT2D eigenvalue weighted by atomic mass is 9.88. The molecule has 0 aromatic heterocycles. The number of carbonyl (C=O) groups excluding carboxylic acids is 1. The summed E-state index contributed by atoms with van der Waals surface area (Å²) in [4.78, 5) is 16.1. The fourth-order valence-electron chi connectivity index (χ4n) is 3.25. The number of nitrogens with zero attached hydrogens (tertiary/aromatic N) is 2. The minimum absolute atomic E-state index is 0.0213. The molecule has 0 aliphatic carbocycles. The molecule has 0 radical (unpaired) electrons. The molecule has 8 heteroatoms. The number of hydrogen-bond acceptors (Lipinski definition) is 5.